The molecule has 0 unspecified atom stereocenters. The minimum atomic E-state index is -0.130. The summed E-state index contributed by atoms with van der Waals surface area (Å²) in [6.07, 6.45) is -0.130. The summed E-state index contributed by atoms with van der Waals surface area (Å²) in [5, 5.41) is 24.6. The van der Waals surface area contributed by atoms with Crippen LogP contribution < -0.4 is 5.84 Å². The van der Waals surface area contributed by atoms with E-state index >= 15 is 0 Å². The Morgan fingerprint density at radius 1 is 0.524 bits per heavy atom. The van der Waals surface area contributed by atoms with Gasteiger partial charge < -0.3 is 16.2 Å². The van der Waals surface area contributed by atoms with Crippen molar-refractivity contribution in [2.75, 3.05) is 0 Å². The maximum Gasteiger partial charge on any atom is 0.137 e. The minimum Gasteiger partial charge on any atom is -0.411 e. The molecule has 0 aromatic heterocycles. The van der Waals surface area contributed by atoms with Gasteiger partial charge in [-0.05, 0) is 47.3 Å². The zero-order valence-electron chi connectivity index (χ0n) is 31.8. The van der Waals surface area contributed by atoms with Gasteiger partial charge in [-0.3, -0.25) is 4.79 Å². The molecule has 254 valence electrons. The number of hydrogen-bond acceptors (Lipinski definition) is 6. The fraction of sp³-hybridized carbons (Fsp3) is 0.861. The first-order valence-corrected chi connectivity index (χ1v) is 16.2. The second kappa shape index (κ2) is 28.1. The van der Waals surface area contributed by atoms with Gasteiger partial charge >= 0.3 is 0 Å². The Labute approximate surface area is 264 Å². The van der Waals surface area contributed by atoms with Gasteiger partial charge in [0.05, 0.1) is 11.8 Å². The molecule has 0 rings (SSSR count). The van der Waals surface area contributed by atoms with Gasteiger partial charge in [0.15, 0.2) is 0 Å². The van der Waals surface area contributed by atoms with Crippen LogP contribution in [-0.4, -0.2) is 33.6 Å². The van der Waals surface area contributed by atoms with Crippen molar-refractivity contribution >= 4 is 17.2 Å². The highest BCUT2D eigenvalue weighted by molar-refractivity contribution is 5.87. The number of hydrogen-bond donors (Lipinski definition) is 3. The van der Waals surface area contributed by atoms with Crippen molar-refractivity contribution in [2.45, 2.75) is 145 Å². The second-order valence-corrected chi connectivity index (χ2v) is 14.3. The Bertz CT molecular complexity index is 614. The van der Waals surface area contributed by atoms with Crippen molar-refractivity contribution in [3.05, 3.63) is 12.2 Å². The topological polar surface area (TPSA) is 108 Å². The van der Waals surface area contributed by atoms with E-state index in [0.29, 0.717) is 53.1 Å². The average Bonchev–Trinajstić information content (AvgIpc) is 2.83. The van der Waals surface area contributed by atoms with E-state index in [9.17, 15) is 9.90 Å². The number of oxime groups is 1. The van der Waals surface area contributed by atoms with Crippen LogP contribution in [0.1, 0.15) is 138 Å². The van der Waals surface area contributed by atoms with Gasteiger partial charge in [-0.2, -0.15) is 5.10 Å². The summed E-state index contributed by atoms with van der Waals surface area (Å²) in [6, 6.07) is 0. The second-order valence-electron chi connectivity index (χ2n) is 14.3. The van der Waals surface area contributed by atoms with E-state index in [2.05, 4.69) is 72.2 Å². The van der Waals surface area contributed by atoms with Gasteiger partial charge in [0.25, 0.3) is 0 Å². The Balaban J connectivity index is -0.000000136. The van der Waals surface area contributed by atoms with Gasteiger partial charge in [0.1, 0.15) is 5.78 Å². The van der Waals surface area contributed by atoms with Crippen LogP contribution >= 0.6 is 0 Å². The molecule has 0 aromatic rings. The monoisotopic (exact) mass is 600 g/mol. The Kier molecular flexibility index (Phi) is 33.4. The summed E-state index contributed by atoms with van der Waals surface area (Å²) in [4.78, 5) is 10.8. The van der Waals surface area contributed by atoms with Gasteiger partial charge in [0.2, 0.25) is 0 Å². The van der Waals surface area contributed by atoms with Crippen molar-refractivity contribution in [3.8, 4) is 0 Å². The molecule has 4 N–H and O–H groups in total. The van der Waals surface area contributed by atoms with Crippen LogP contribution in [0.15, 0.2) is 22.4 Å². The van der Waals surface area contributed by atoms with Crippen LogP contribution in [0.2, 0.25) is 0 Å². The first-order chi connectivity index (χ1) is 18.8. The predicted octanol–water partition coefficient (Wildman–Crippen LogP) is 10.1. The zero-order valence-corrected chi connectivity index (χ0v) is 31.8. The molecule has 6 heteroatoms. The zero-order chi connectivity index (χ0) is 35.1. The molecule has 0 aliphatic heterocycles. The van der Waals surface area contributed by atoms with E-state index in [4.69, 9.17) is 11.0 Å². The van der Waals surface area contributed by atoms with E-state index in [0.717, 1.165) is 11.4 Å². The molecule has 42 heavy (non-hydrogen) atoms. The number of Topliss-reactive ketones (excluding diaryl/α,β-unsaturated/α-hetero) is 1. The van der Waals surface area contributed by atoms with E-state index in [1.165, 1.54) is 5.57 Å². The van der Waals surface area contributed by atoms with Gasteiger partial charge in [-0.1, -0.05) is 156 Å². The quantitative estimate of drug-likeness (QED) is 0.0763. The maximum absolute atomic E-state index is 10.8. The van der Waals surface area contributed by atoms with Crippen LogP contribution in [0.5, 0.6) is 0 Å². The maximum atomic E-state index is 10.8. The first kappa shape index (κ1) is 50.0. The molecule has 0 aliphatic rings. The molecule has 0 aromatic carbocycles. The van der Waals surface area contributed by atoms with E-state index in [1.807, 2.05) is 83.1 Å². The third kappa shape index (κ3) is 29.8. The van der Waals surface area contributed by atoms with Gasteiger partial charge in [-0.15, -0.1) is 0 Å². The van der Waals surface area contributed by atoms with Crippen molar-refractivity contribution in [1.82, 2.24) is 0 Å². The highest BCUT2D eigenvalue weighted by atomic mass is 16.4. The first-order valence-electron chi connectivity index (χ1n) is 16.2. The average molecular weight is 600 g/mol. The summed E-state index contributed by atoms with van der Waals surface area (Å²) in [7, 11) is 0. The molecule has 0 bridgehead atoms. The molecule has 0 atom stereocenters. The molecule has 6 nitrogen and oxygen atoms in total. The van der Waals surface area contributed by atoms with Crippen LogP contribution in [0, 0.1) is 59.2 Å². The highest BCUT2D eigenvalue weighted by Gasteiger charge is 2.12. The normalized spacial score (nSPS) is 10.9. The summed E-state index contributed by atoms with van der Waals surface area (Å²) >= 11 is 0. The van der Waals surface area contributed by atoms with Crippen LogP contribution in [0.4, 0.5) is 0 Å². The van der Waals surface area contributed by atoms with Crippen molar-refractivity contribution in [2.24, 2.45) is 75.3 Å². The molecule has 0 fully saturated rings. The molecule has 0 saturated carbocycles. The number of carbonyl (C=O) groups excluding carboxylic acids is 1. The summed E-state index contributed by atoms with van der Waals surface area (Å²) in [6.45, 7) is 45.0. The molecule has 0 aliphatic carbocycles. The number of nitrogens with two attached hydrogens (primary N) is 1. The number of ketones is 1. The predicted molar refractivity (Wildman–Crippen MR) is 189 cm³/mol. The Hall–Kier alpha value is -1.69. The van der Waals surface area contributed by atoms with E-state index in [-0.39, 0.29) is 17.9 Å². The number of aliphatic hydroxyl groups is 1. The number of rotatable bonds is 10. The lowest BCUT2D eigenvalue weighted by atomic mass is 9.95. The number of nitrogens with zero attached hydrogens (tertiary/aromatic N) is 2. The fourth-order valence-electron chi connectivity index (χ4n) is 3.97. The molecule has 0 amide bonds. The van der Waals surface area contributed by atoms with E-state index in [1.54, 1.807) is 0 Å². The van der Waals surface area contributed by atoms with Crippen molar-refractivity contribution in [3.63, 3.8) is 0 Å². The third-order valence-corrected chi connectivity index (χ3v) is 6.62. The minimum absolute atomic E-state index is 0.130. The van der Waals surface area contributed by atoms with Crippen LogP contribution in [-0.2, 0) is 4.79 Å². The molecule has 0 radical (unpaired) electrons. The smallest absolute Gasteiger partial charge is 0.137 e. The summed E-state index contributed by atoms with van der Waals surface area (Å²) in [5.41, 5.74) is 3.31. The Morgan fingerprint density at radius 2 is 0.786 bits per heavy atom. The lowest BCUT2D eigenvalue weighted by molar-refractivity contribution is -0.124. The molecular formula is C36H77N3O3. The van der Waals surface area contributed by atoms with Crippen molar-refractivity contribution in [1.29, 1.82) is 0 Å². The van der Waals surface area contributed by atoms with Gasteiger partial charge in [0, 0.05) is 17.5 Å². The lowest BCUT2D eigenvalue weighted by Crippen LogP contribution is -2.20. The molecule has 0 saturated heterocycles. The van der Waals surface area contributed by atoms with Crippen molar-refractivity contribution < 1.29 is 15.1 Å². The largest absolute Gasteiger partial charge is 0.411 e. The molecule has 0 heterocycles. The summed E-state index contributed by atoms with van der Waals surface area (Å²) < 4.78 is 0. The summed E-state index contributed by atoms with van der Waals surface area (Å²) in [5.74, 6) is 9.69. The molecule has 0 spiro atoms. The number of hydrazone groups is 1. The number of carbonyl (C=O) groups is 1. The third-order valence-electron chi connectivity index (χ3n) is 6.62. The van der Waals surface area contributed by atoms with E-state index < -0.39 is 0 Å². The number of allylic oxidation sites excluding steroid dienone is 1. The van der Waals surface area contributed by atoms with Crippen LogP contribution in [0.25, 0.3) is 0 Å². The fourth-order valence-corrected chi connectivity index (χ4v) is 3.97. The van der Waals surface area contributed by atoms with Crippen LogP contribution in [0.3, 0.4) is 0 Å². The molecular weight excluding hydrogens is 522 g/mol. The lowest BCUT2D eigenvalue weighted by Gasteiger charge is -2.17. The van der Waals surface area contributed by atoms with Gasteiger partial charge in [-0.25, -0.2) is 0 Å². The SMILES string of the molecule is C=C(C(C)C)C(C)C.CC(C)C(=NN)C(C)C.CC(C)C(=NO)C(C)C.CC(C)C(=O)C(C)C.CC(C)C(O)C(C)C. The standard InChI is InChI=1S/C8H16.C7H16N2.C7H15NO.C7H16O.C7H14O/c1-6(2)8(5)7(3)4;1-5(2)7(9-8)6(3)4;1-5(2)7(8-9)6(3)4;2*1-5(2)7(8)6(3)4/h6-7H,5H2,1-4H3;5-6H,8H2,1-4H3;5-6,9H,1-4H3;5-8H,1-4H3;5-6H,1-4H3. The number of aliphatic hydroxyl groups excluding tert-OH is 1. The highest BCUT2D eigenvalue weighted by Crippen LogP contribution is 2.15. The Morgan fingerprint density at radius 3 is 0.786 bits per heavy atom.